The molecule has 0 unspecified atom stereocenters. The first-order valence-corrected chi connectivity index (χ1v) is 8.16. The van der Waals surface area contributed by atoms with Gasteiger partial charge in [-0.2, -0.15) is 0 Å². The van der Waals surface area contributed by atoms with Gasteiger partial charge in [0.25, 0.3) is 0 Å². The number of nitrogens with zero attached hydrogens (tertiary/aromatic N) is 1. The maximum Gasteiger partial charge on any atom is 0.419 e. The molecule has 0 amide bonds. The van der Waals surface area contributed by atoms with Gasteiger partial charge >= 0.3 is 6.09 Å². The highest BCUT2D eigenvalue weighted by Crippen LogP contribution is 2.39. The molecule has 5 heteroatoms. The van der Waals surface area contributed by atoms with E-state index in [1.165, 1.54) is 0 Å². The molecule has 4 rings (SSSR count). The fourth-order valence-corrected chi connectivity index (χ4v) is 2.92. The summed E-state index contributed by atoms with van der Waals surface area (Å²) in [5.74, 6) is 1.32. The summed E-state index contributed by atoms with van der Waals surface area (Å²) in [6.07, 6.45) is -0.416. The van der Waals surface area contributed by atoms with Crippen LogP contribution < -0.4 is 9.47 Å². The number of fused-ring (bicyclic) bond motifs is 2. The van der Waals surface area contributed by atoms with E-state index in [0.717, 1.165) is 22.2 Å². The zero-order valence-corrected chi connectivity index (χ0v) is 14.4. The lowest BCUT2D eigenvalue weighted by atomic mass is 10.1. The van der Waals surface area contributed by atoms with Crippen molar-refractivity contribution in [2.75, 3.05) is 6.79 Å². The monoisotopic (exact) mass is 337 g/mol. The molecule has 0 atom stereocenters. The van der Waals surface area contributed by atoms with Crippen LogP contribution in [0.2, 0.25) is 0 Å². The van der Waals surface area contributed by atoms with E-state index < -0.39 is 11.7 Å². The largest absolute Gasteiger partial charge is 0.454 e. The van der Waals surface area contributed by atoms with Crippen molar-refractivity contribution in [1.82, 2.24) is 4.57 Å². The van der Waals surface area contributed by atoms with Crippen molar-refractivity contribution < 1.29 is 19.0 Å². The molecule has 3 aromatic rings. The zero-order valence-electron chi connectivity index (χ0n) is 14.4. The molecule has 0 bridgehead atoms. The number of hydrogen-bond donors (Lipinski definition) is 0. The number of benzene rings is 2. The van der Waals surface area contributed by atoms with Crippen molar-refractivity contribution >= 4 is 17.0 Å². The third kappa shape index (κ3) is 2.82. The maximum absolute atomic E-state index is 12.9. The van der Waals surface area contributed by atoms with E-state index >= 15 is 0 Å². The highest BCUT2D eigenvalue weighted by atomic mass is 16.7. The molecule has 128 valence electrons. The predicted octanol–water partition coefficient (Wildman–Crippen LogP) is 4.82. The minimum absolute atomic E-state index is 0.194. The first-order valence-electron chi connectivity index (χ1n) is 8.16. The Hall–Kier alpha value is -2.95. The van der Waals surface area contributed by atoms with Gasteiger partial charge in [0.15, 0.2) is 11.5 Å². The number of aromatic nitrogens is 1. The number of rotatable bonds is 1. The number of hydrogen-bond acceptors (Lipinski definition) is 4. The molecule has 0 radical (unpaired) electrons. The average Bonchev–Trinajstić information content (AvgIpc) is 3.15. The van der Waals surface area contributed by atoms with Gasteiger partial charge in [0.05, 0.1) is 11.2 Å². The van der Waals surface area contributed by atoms with Crippen molar-refractivity contribution in [2.45, 2.75) is 26.4 Å². The van der Waals surface area contributed by atoms with E-state index in [-0.39, 0.29) is 6.79 Å². The highest BCUT2D eigenvalue weighted by Gasteiger charge is 2.25. The predicted molar refractivity (Wildman–Crippen MR) is 95.1 cm³/mol. The Bertz CT molecular complexity index is 951. The third-order valence-electron chi connectivity index (χ3n) is 3.94. The van der Waals surface area contributed by atoms with E-state index in [4.69, 9.17) is 14.2 Å². The van der Waals surface area contributed by atoms with E-state index in [2.05, 4.69) is 0 Å². The quantitative estimate of drug-likeness (QED) is 0.639. The molecule has 0 saturated carbocycles. The average molecular weight is 337 g/mol. The minimum Gasteiger partial charge on any atom is -0.454 e. The fraction of sp³-hybridized carbons (Fsp3) is 0.250. The van der Waals surface area contributed by atoms with Gasteiger partial charge in [-0.15, -0.1) is 0 Å². The standard InChI is InChI=1S/C20H19NO4/c1-20(2,3)25-19(22)21-15(13-7-5-4-6-8-13)9-14-10-17-18(11-16(14)21)24-12-23-17/h4-11H,12H2,1-3H3. The van der Waals surface area contributed by atoms with Crippen LogP contribution in [0.25, 0.3) is 22.2 Å². The summed E-state index contributed by atoms with van der Waals surface area (Å²) in [7, 11) is 0. The van der Waals surface area contributed by atoms with Crippen LogP contribution in [-0.4, -0.2) is 23.1 Å². The van der Waals surface area contributed by atoms with Crippen molar-refractivity contribution in [3.63, 3.8) is 0 Å². The SMILES string of the molecule is CC(C)(C)OC(=O)n1c(-c2ccccc2)cc2cc3c(cc21)OCO3. The van der Waals surface area contributed by atoms with Gasteiger partial charge in [0, 0.05) is 11.5 Å². The highest BCUT2D eigenvalue weighted by molar-refractivity contribution is 5.97. The van der Waals surface area contributed by atoms with Crippen LogP contribution in [0.5, 0.6) is 11.5 Å². The second-order valence-electron chi connectivity index (χ2n) is 6.98. The normalized spacial score (nSPS) is 13.2. The zero-order chi connectivity index (χ0) is 17.6. The van der Waals surface area contributed by atoms with E-state index in [9.17, 15) is 4.79 Å². The van der Waals surface area contributed by atoms with Crippen LogP contribution in [0.4, 0.5) is 4.79 Å². The molecule has 0 N–H and O–H groups in total. The van der Waals surface area contributed by atoms with E-state index in [0.29, 0.717) is 11.5 Å². The van der Waals surface area contributed by atoms with Gasteiger partial charge in [-0.25, -0.2) is 9.36 Å². The van der Waals surface area contributed by atoms with Crippen molar-refractivity contribution in [3.05, 3.63) is 48.5 Å². The summed E-state index contributed by atoms with van der Waals surface area (Å²) in [5, 5.41) is 0.897. The fourth-order valence-electron chi connectivity index (χ4n) is 2.92. The van der Waals surface area contributed by atoms with Crippen LogP contribution in [0.3, 0.4) is 0 Å². The van der Waals surface area contributed by atoms with Crippen molar-refractivity contribution in [3.8, 4) is 22.8 Å². The van der Waals surface area contributed by atoms with Crippen LogP contribution in [0.15, 0.2) is 48.5 Å². The van der Waals surface area contributed by atoms with E-state index in [1.807, 2.05) is 69.3 Å². The first-order chi connectivity index (χ1) is 11.9. The molecule has 5 nitrogen and oxygen atoms in total. The molecule has 25 heavy (non-hydrogen) atoms. The molecule has 0 fully saturated rings. The lowest BCUT2D eigenvalue weighted by Gasteiger charge is -2.21. The lowest BCUT2D eigenvalue weighted by molar-refractivity contribution is 0.0547. The lowest BCUT2D eigenvalue weighted by Crippen LogP contribution is -2.27. The van der Waals surface area contributed by atoms with Crippen LogP contribution in [0.1, 0.15) is 20.8 Å². The van der Waals surface area contributed by atoms with Crippen LogP contribution in [0, 0.1) is 0 Å². The smallest absolute Gasteiger partial charge is 0.419 e. The van der Waals surface area contributed by atoms with Gasteiger partial charge < -0.3 is 14.2 Å². The molecule has 1 aliphatic heterocycles. The Morgan fingerprint density at radius 1 is 1.04 bits per heavy atom. The minimum atomic E-state index is -0.585. The number of carbonyl (C=O) groups is 1. The second kappa shape index (κ2) is 5.55. The Morgan fingerprint density at radius 2 is 1.72 bits per heavy atom. The summed E-state index contributed by atoms with van der Waals surface area (Å²) >= 11 is 0. The Balaban J connectivity index is 1.94. The molecule has 0 saturated heterocycles. The molecule has 0 spiro atoms. The van der Waals surface area contributed by atoms with E-state index in [1.54, 1.807) is 4.57 Å². The van der Waals surface area contributed by atoms with Crippen molar-refractivity contribution in [2.24, 2.45) is 0 Å². The molecule has 1 aromatic heterocycles. The molecule has 0 aliphatic carbocycles. The van der Waals surface area contributed by atoms with Crippen molar-refractivity contribution in [1.29, 1.82) is 0 Å². The maximum atomic E-state index is 12.9. The summed E-state index contributed by atoms with van der Waals surface area (Å²) in [6, 6.07) is 15.5. The summed E-state index contributed by atoms with van der Waals surface area (Å²) in [4.78, 5) is 12.9. The Labute approximate surface area is 145 Å². The number of carbonyl (C=O) groups excluding carboxylic acids is 1. The van der Waals surface area contributed by atoms with Gasteiger partial charge in [-0.3, -0.25) is 0 Å². The third-order valence-corrected chi connectivity index (χ3v) is 3.94. The summed E-state index contributed by atoms with van der Waals surface area (Å²) < 4.78 is 18.1. The Morgan fingerprint density at radius 3 is 2.40 bits per heavy atom. The van der Waals surface area contributed by atoms with Crippen LogP contribution in [-0.2, 0) is 4.74 Å². The second-order valence-corrected chi connectivity index (χ2v) is 6.98. The summed E-state index contributed by atoms with van der Waals surface area (Å²) in [5.41, 5.74) is 1.86. The molecular formula is C20H19NO4. The van der Waals surface area contributed by atoms with Gasteiger partial charge in [0.2, 0.25) is 6.79 Å². The first kappa shape index (κ1) is 15.6. The molecule has 1 aliphatic rings. The molecule has 2 aromatic carbocycles. The molecule has 2 heterocycles. The Kier molecular flexibility index (Phi) is 3.46. The topological polar surface area (TPSA) is 49.7 Å². The number of ether oxygens (including phenoxy) is 3. The summed E-state index contributed by atoms with van der Waals surface area (Å²) in [6.45, 7) is 5.76. The molecular weight excluding hydrogens is 318 g/mol. The van der Waals surface area contributed by atoms with Crippen LogP contribution >= 0.6 is 0 Å². The van der Waals surface area contributed by atoms with Gasteiger partial charge in [-0.1, -0.05) is 30.3 Å². The van der Waals surface area contributed by atoms with Gasteiger partial charge in [0.1, 0.15) is 5.60 Å². The van der Waals surface area contributed by atoms with Gasteiger partial charge in [-0.05, 0) is 38.5 Å².